The van der Waals surface area contributed by atoms with Gasteiger partial charge in [0.25, 0.3) is 0 Å². The highest BCUT2D eigenvalue weighted by Crippen LogP contribution is 2.36. The standard InChI is InChI=1S/C12H22O32S7/c13-11-9(7(42-49(26,27)28)5(40-47(20,21)22)3(37-11)1-35-45(14,15)16)39-12-10(44-51(32,33)34)8(43-50(29,30)31)6(41-48(23,24)25)4(38-12)2-36-46(17,18)19/h3-13H,1-2H2,(H,14,15,16)(H,17,18,19)(H,20,21,22)(H,23,24,25)(H,26,27,28)(H,29,30,31)(H,32,33,34)/t3-,4-,5-,6-,7+,8+,9+,10+,11?,12-/m1/s1. The second-order valence-corrected chi connectivity index (χ2v) is 16.5. The third kappa shape index (κ3) is 16.9. The number of hydrogen-bond acceptors (Lipinski definition) is 25. The average molecular weight is 903 g/mol. The highest BCUT2D eigenvalue weighted by atomic mass is 32.3. The third-order valence-electron chi connectivity index (χ3n) is 5.42. The molecule has 2 rings (SSSR count). The molecule has 0 spiro atoms. The highest BCUT2D eigenvalue weighted by molar-refractivity contribution is 7.82. The van der Waals surface area contributed by atoms with E-state index in [1.165, 1.54) is 0 Å². The van der Waals surface area contributed by atoms with Crippen molar-refractivity contribution in [1.82, 2.24) is 0 Å². The van der Waals surface area contributed by atoms with E-state index in [0.29, 0.717) is 0 Å². The lowest BCUT2D eigenvalue weighted by molar-refractivity contribution is -0.351. The first kappa shape index (κ1) is 46.1. The molecule has 0 aromatic heterocycles. The van der Waals surface area contributed by atoms with Gasteiger partial charge in [-0.2, -0.15) is 58.9 Å². The van der Waals surface area contributed by atoms with Crippen LogP contribution in [0.1, 0.15) is 0 Å². The zero-order chi connectivity index (χ0) is 39.8. The van der Waals surface area contributed by atoms with Crippen LogP contribution < -0.4 is 0 Å². The SMILES string of the molecule is O=S(=O)(O)OC[C@H]1O[C@H](O[C@@H]2C(O)O[C@H](COS(=O)(=O)O)[C@@H](OS(=O)(=O)O)[C@@H]2OS(=O)(=O)O)[C@@H](OS(=O)(=O)O)[C@@H](OS(=O)(=O)O)[C@@H]1OS(=O)(=O)O. The summed E-state index contributed by atoms with van der Waals surface area (Å²) in [6.45, 7) is -3.52. The predicted octanol–water partition coefficient (Wildman–Crippen LogP) is -6.61. The molecule has 1 unspecified atom stereocenters. The largest absolute Gasteiger partial charge is 0.397 e. The van der Waals surface area contributed by atoms with E-state index in [1.807, 2.05) is 0 Å². The molecule has 0 bridgehead atoms. The molecule has 2 aliphatic rings. The summed E-state index contributed by atoms with van der Waals surface area (Å²) in [5, 5.41) is 10.6. The van der Waals surface area contributed by atoms with Gasteiger partial charge in [-0.3, -0.25) is 31.9 Å². The second-order valence-electron chi connectivity index (χ2n) is 9.08. The van der Waals surface area contributed by atoms with Crippen LogP contribution in [0, 0.1) is 0 Å². The molecule has 304 valence electrons. The molecule has 8 N–H and O–H groups in total. The Morgan fingerprint density at radius 2 is 0.686 bits per heavy atom. The molecular formula is C12H22O32S7. The molecule has 0 saturated carbocycles. The predicted molar refractivity (Wildman–Crippen MR) is 142 cm³/mol. The Hall–Kier alpha value is -1.07. The molecule has 0 amide bonds. The average Bonchev–Trinajstić information content (AvgIpc) is 2.84. The third-order valence-corrected chi connectivity index (χ3v) is 8.61. The van der Waals surface area contributed by atoms with Gasteiger partial charge in [0.15, 0.2) is 18.7 Å². The lowest BCUT2D eigenvalue weighted by atomic mass is 9.97. The van der Waals surface area contributed by atoms with Crippen LogP contribution in [0.25, 0.3) is 0 Å². The Kier molecular flexibility index (Phi) is 14.8. The minimum Gasteiger partial charge on any atom is -0.366 e. The van der Waals surface area contributed by atoms with Gasteiger partial charge >= 0.3 is 72.8 Å². The topological polar surface area (TPSA) is 493 Å². The molecule has 0 radical (unpaired) electrons. The Morgan fingerprint density at radius 1 is 0.392 bits per heavy atom. The highest BCUT2D eigenvalue weighted by Gasteiger charge is 2.58. The van der Waals surface area contributed by atoms with E-state index >= 15 is 0 Å². The Balaban J connectivity index is 2.84. The minimum absolute atomic E-state index is 1.68. The normalized spacial score (nSPS) is 32.1. The molecule has 0 aromatic carbocycles. The first-order valence-electron chi connectivity index (χ1n) is 11.7. The number of ether oxygens (including phenoxy) is 3. The van der Waals surface area contributed by atoms with Gasteiger partial charge in [0.2, 0.25) is 0 Å². The van der Waals surface area contributed by atoms with Crippen LogP contribution in [0.5, 0.6) is 0 Å². The summed E-state index contributed by atoms with van der Waals surface area (Å²) in [5.41, 5.74) is 0. The van der Waals surface area contributed by atoms with Gasteiger partial charge in [-0.15, -0.1) is 0 Å². The van der Waals surface area contributed by atoms with Crippen molar-refractivity contribution in [3.63, 3.8) is 0 Å². The van der Waals surface area contributed by atoms with Gasteiger partial charge in [0, 0.05) is 0 Å². The van der Waals surface area contributed by atoms with Crippen molar-refractivity contribution in [3.05, 3.63) is 0 Å². The van der Waals surface area contributed by atoms with Crippen molar-refractivity contribution < 1.29 is 139 Å². The summed E-state index contributed by atoms with van der Waals surface area (Å²) in [6.07, 6.45) is -30.1. The maximum Gasteiger partial charge on any atom is 0.397 e. The maximum absolute atomic E-state index is 11.7. The molecule has 2 fully saturated rings. The summed E-state index contributed by atoms with van der Waals surface area (Å²) in [5.74, 6) is 0. The van der Waals surface area contributed by atoms with E-state index in [4.69, 9.17) is 23.3 Å². The zero-order valence-electron chi connectivity index (χ0n) is 23.4. The Morgan fingerprint density at radius 3 is 1.02 bits per heavy atom. The minimum atomic E-state index is -6.07. The van der Waals surface area contributed by atoms with E-state index in [1.54, 1.807) is 0 Å². The van der Waals surface area contributed by atoms with Crippen LogP contribution in [0.3, 0.4) is 0 Å². The Labute approximate surface area is 286 Å². The molecule has 0 aromatic rings. The molecule has 2 aliphatic heterocycles. The fourth-order valence-electron chi connectivity index (χ4n) is 4.01. The lowest BCUT2D eigenvalue weighted by Gasteiger charge is -2.47. The van der Waals surface area contributed by atoms with E-state index < -0.39 is 147 Å². The van der Waals surface area contributed by atoms with E-state index in [9.17, 15) is 86.8 Å². The molecule has 39 heteroatoms. The van der Waals surface area contributed by atoms with Crippen molar-refractivity contribution in [3.8, 4) is 0 Å². The fraction of sp³-hybridized carbons (Fsp3) is 1.00. The summed E-state index contributed by atoms with van der Waals surface area (Å²) in [6, 6.07) is 0. The number of hydrogen-bond donors (Lipinski definition) is 8. The Bertz CT molecular complexity index is 2000. The monoisotopic (exact) mass is 902 g/mol. The summed E-state index contributed by atoms with van der Waals surface area (Å²) in [7, 11) is -41.1. The molecule has 32 nitrogen and oxygen atoms in total. The van der Waals surface area contributed by atoms with Gasteiger partial charge in [-0.1, -0.05) is 0 Å². The maximum atomic E-state index is 11.7. The van der Waals surface area contributed by atoms with Crippen LogP contribution in [0.15, 0.2) is 0 Å². The van der Waals surface area contributed by atoms with Gasteiger partial charge in [-0.05, 0) is 0 Å². The molecule has 2 saturated heterocycles. The summed E-state index contributed by atoms with van der Waals surface area (Å²) in [4.78, 5) is 0. The van der Waals surface area contributed by atoms with Crippen LogP contribution in [0.2, 0.25) is 0 Å². The van der Waals surface area contributed by atoms with Crippen LogP contribution in [0.4, 0.5) is 0 Å². The van der Waals surface area contributed by atoms with Gasteiger partial charge in [-0.25, -0.2) is 29.3 Å². The fourth-order valence-corrected chi connectivity index (χ4v) is 7.13. The number of aliphatic hydroxyl groups excluding tert-OH is 1. The van der Waals surface area contributed by atoms with Gasteiger partial charge in [0.05, 0.1) is 13.2 Å². The van der Waals surface area contributed by atoms with E-state index in [0.717, 1.165) is 0 Å². The zero-order valence-corrected chi connectivity index (χ0v) is 29.1. The number of rotatable bonds is 18. The smallest absolute Gasteiger partial charge is 0.366 e. The van der Waals surface area contributed by atoms with Crippen LogP contribution >= 0.6 is 0 Å². The lowest BCUT2D eigenvalue weighted by Crippen LogP contribution is -2.67. The van der Waals surface area contributed by atoms with Gasteiger partial charge in [0.1, 0.15) is 42.7 Å². The van der Waals surface area contributed by atoms with Crippen molar-refractivity contribution >= 4 is 72.8 Å². The van der Waals surface area contributed by atoms with Crippen molar-refractivity contribution in [1.29, 1.82) is 0 Å². The molecule has 10 atom stereocenters. The first-order valence-corrected chi connectivity index (χ1v) is 21.2. The van der Waals surface area contributed by atoms with Crippen molar-refractivity contribution in [2.24, 2.45) is 0 Å². The van der Waals surface area contributed by atoms with E-state index in [2.05, 4.69) is 29.3 Å². The molecule has 51 heavy (non-hydrogen) atoms. The van der Waals surface area contributed by atoms with Crippen molar-refractivity contribution in [2.75, 3.05) is 13.2 Å². The van der Waals surface area contributed by atoms with Crippen LogP contribution in [-0.2, 0) is 116 Å². The quantitative estimate of drug-likeness (QED) is 0.0593. The first-order chi connectivity index (χ1) is 22.5. The summed E-state index contributed by atoms with van der Waals surface area (Å²) < 4.78 is 268. The van der Waals surface area contributed by atoms with Crippen molar-refractivity contribution in [2.45, 2.75) is 61.4 Å². The van der Waals surface area contributed by atoms with Gasteiger partial charge < -0.3 is 19.3 Å². The second kappa shape index (κ2) is 16.3. The molecular weight excluding hydrogens is 881 g/mol. The number of aliphatic hydroxyl groups is 1. The molecule has 0 aliphatic carbocycles. The summed E-state index contributed by atoms with van der Waals surface area (Å²) >= 11 is 0. The van der Waals surface area contributed by atoms with E-state index in [-0.39, 0.29) is 0 Å². The molecule has 2 heterocycles. The van der Waals surface area contributed by atoms with Crippen LogP contribution in [-0.4, -0.2) is 171 Å².